The Hall–Kier alpha value is -2.93. The van der Waals surface area contributed by atoms with Gasteiger partial charge < -0.3 is 20.3 Å². The van der Waals surface area contributed by atoms with Crippen LogP contribution >= 0.6 is 11.6 Å². The summed E-state index contributed by atoms with van der Waals surface area (Å²) in [6.45, 7) is -0.117. The monoisotopic (exact) mass is 441 g/mol. The fraction of sp³-hybridized carbons (Fsp3) is 0.208. The van der Waals surface area contributed by atoms with Crippen LogP contribution in [0.3, 0.4) is 0 Å². The highest BCUT2D eigenvalue weighted by atomic mass is 35.5. The molecule has 0 spiro atoms. The first-order valence-electron chi connectivity index (χ1n) is 9.85. The summed E-state index contributed by atoms with van der Waals surface area (Å²) in [5.41, 5.74) is 4.62. The molecule has 4 rings (SSSR count). The number of ether oxygens (including phenoxy) is 1. The first kappa shape index (κ1) is 21.3. The van der Waals surface area contributed by atoms with Crippen LogP contribution in [0.1, 0.15) is 28.7 Å². The van der Waals surface area contributed by atoms with Gasteiger partial charge in [0.25, 0.3) is 0 Å². The van der Waals surface area contributed by atoms with Gasteiger partial charge >= 0.3 is 6.09 Å². The van der Waals surface area contributed by atoms with Crippen molar-refractivity contribution in [1.29, 1.82) is 0 Å². The molecule has 1 amide bonds. The predicted molar refractivity (Wildman–Crippen MR) is 115 cm³/mol. The van der Waals surface area contributed by atoms with Crippen LogP contribution in [0, 0.1) is 5.82 Å². The molecule has 7 heteroatoms. The van der Waals surface area contributed by atoms with Crippen molar-refractivity contribution < 1.29 is 24.1 Å². The van der Waals surface area contributed by atoms with Gasteiger partial charge in [-0.25, -0.2) is 9.18 Å². The molecule has 0 heterocycles. The van der Waals surface area contributed by atoms with Crippen LogP contribution in [-0.2, 0) is 4.74 Å². The SMILES string of the molecule is O=C(NCC(O)C(O)c1ccc(F)cc1Cl)OCC1c2ccccc2-c2ccccc21. The predicted octanol–water partition coefficient (Wildman–Crippen LogP) is 4.41. The van der Waals surface area contributed by atoms with Gasteiger partial charge in [-0.3, -0.25) is 0 Å². The molecule has 0 fully saturated rings. The number of rotatable bonds is 6. The quantitative estimate of drug-likeness (QED) is 0.529. The number of aliphatic hydroxyl groups excluding tert-OH is 2. The molecule has 0 bridgehead atoms. The number of amides is 1. The molecule has 0 saturated heterocycles. The molecule has 0 aromatic heterocycles. The lowest BCUT2D eigenvalue weighted by Crippen LogP contribution is -2.36. The molecule has 0 aliphatic heterocycles. The van der Waals surface area contributed by atoms with Crippen LogP contribution in [0.25, 0.3) is 11.1 Å². The highest BCUT2D eigenvalue weighted by Crippen LogP contribution is 2.44. The van der Waals surface area contributed by atoms with E-state index < -0.39 is 24.1 Å². The van der Waals surface area contributed by atoms with Crippen molar-refractivity contribution >= 4 is 17.7 Å². The van der Waals surface area contributed by atoms with E-state index in [2.05, 4.69) is 5.32 Å². The Labute approximate surface area is 184 Å². The number of benzene rings is 3. The molecular weight excluding hydrogens is 421 g/mol. The van der Waals surface area contributed by atoms with Crippen LogP contribution in [0.15, 0.2) is 66.7 Å². The second kappa shape index (κ2) is 9.06. The van der Waals surface area contributed by atoms with Gasteiger partial charge in [0.15, 0.2) is 0 Å². The van der Waals surface area contributed by atoms with E-state index in [4.69, 9.17) is 16.3 Å². The highest BCUT2D eigenvalue weighted by molar-refractivity contribution is 6.31. The molecule has 3 N–H and O–H groups in total. The maximum atomic E-state index is 13.2. The zero-order chi connectivity index (χ0) is 22.0. The molecule has 3 aromatic rings. The number of hydrogen-bond donors (Lipinski definition) is 3. The molecule has 160 valence electrons. The summed E-state index contributed by atoms with van der Waals surface area (Å²) in [5, 5.41) is 22.9. The van der Waals surface area contributed by atoms with Gasteiger partial charge in [0.1, 0.15) is 24.6 Å². The topological polar surface area (TPSA) is 78.8 Å². The Kier molecular flexibility index (Phi) is 6.23. The minimum Gasteiger partial charge on any atom is -0.449 e. The van der Waals surface area contributed by atoms with Crippen molar-refractivity contribution in [1.82, 2.24) is 5.32 Å². The first-order valence-corrected chi connectivity index (χ1v) is 10.2. The highest BCUT2D eigenvalue weighted by Gasteiger charge is 2.29. The van der Waals surface area contributed by atoms with E-state index in [-0.39, 0.29) is 29.7 Å². The van der Waals surface area contributed by atoms with Crippen molar-refractivity contribution in [2.24, 2.45) is 0 Å². The molecule has 31 heavy (non-hydrogen) atoms. The number of aliphatic hydroxyl groups is 2. The van der Waals surface area contributed by atoms with Gasteiger partial charge in [-0.05, 0) is 34.4 Å². The van der Waals surface area contributed by atoms with Gasteiger partial charge in [0.2, 0.25) is 0 Å². The summed E-state index contributed by atoms with van der Waals surface area (Å²) in [6, 6.07) is 19.5. The van der Waals surface area contributed by atoms with E-state index in [0.717, 1.165) is 34.4 Å². The van der Waals surface area contributed by atoms with Crippen molar-refractivity contribution in [3.8, 4) is 11.1 Å². The number of carbonyl (C=O) groups excluding carboxylic acids is 1. The summed E-state index contributed by atoms with van der Waals surface area (Å²) in [7, 11) is 0. The van der Waals surface area contributed by atoms with E-state index in [9.17, 15) is 19.4 Å². The minimum atomic E-state index is -1.39. The lowest BCUT2D eigenvalue weighted by atomic mass is 9.98. The summed E-state index contributed by atoms with van der Waals surface area (Å²) in [5.74, 6) is -0.626. The molecule has 5 nitrogen and oxygen atoms in total. The maximum absolute atomic E-state index is 13.2. The zero-order valence-electron chi connectivity index (χ0n) is 16.5. The normalized spacial score (nSPS) is 14.5. The summed E-state index contributed by atoms with van der Waals surface area (Å²) in [4.78, 5) is 12.2. The largest absolute Gasteiger partial charge is 0.449 e. The fourth-order valence-corrected chi connectivity index (χ4v) is 4.18. The average molecular weight is 442 g/mol. The van der Waals surface area contributed by atoms with E-state index in [1.807, 2.05) is 48.5 Å². The summed E-state index contributed by atoms with van der Waals surface area (Å²) in [6.07, 6.45) is -3.44. The molecular formula is C24H21ClFNO4. The minimum absolute atomic E-state index is 0.00677. The van der Waals surface area contributed by atoms with Crippen LogP contribution in [0.2, 0.25) is 5.02 Å². The second-order valence-electron chi connectivity index (χ2n) is 7.38. The van der Waals surface area contributed by atoms with Crippen molar-refractivity contribution in [3.63, 3.8) is 0 Å². The Balaban J connectivity index is 1.35. The third-order valence-electron chi connectivity index (χ3n) is 5.44. The van der Waals surface area contributed by atoms with Crippen molar-refractivity contribution in [2.75, 3.05) is 13.2 Å². The molecule has 1 aliphatic carbocycles. The summed E-state index contributed by atoms with van der Waals surface area (Å²) < 4.78 is 18.6. The Bertz CT molecular complexity index is 1060. The molecule has 0 radical (unpaired) electrons. The molecule has 1 aliphatic rings. The Morgan fingerprint density at radius 2 is 1.65 bits per heavy atom. The van der Waals surface area contributed by atoms with Crippen molar-refractivity contribution in [3.05, 3.63) is 94.3 Å². The third kappa shape index (κ3) is 4.42. The molecule has 2 unspecified atom stereocenters. The maximum Gasteiger partial charge on any atom is 0.407 e. The van der Waals surface area contributed by atoms with Gasteiger partial charge in [0.05, 0.1) is 0 Å². The van der Waals surface area contributed by atoms with Gasteiger partial charge in [-0.15, -0.1) is 0 Å². The standard InChI is InChI=1S/C24H21ClFNO4/c25-21-11-14(26)9-10-19(21)23(29)22(28)12-27-24(30)31-13-20-17-7-3-1-5-15(17)16-6-2-4-8-18(16)20/h1-11,20,22-23,28-29H,12-13H2,(H,27,30). The van der Waals surface area contributed by atoms with E-state index in [1.54, 1.807) is 0 Å². The lowest BCUT2D eigenvalue weighted by molar-refractivity contribution is 0.0186. The molecule has 2 atom stereocenters. The number of fused-ring (bicyclic) bond motifs is 3. The van der Waals surface area contributed by atoms with E-state index >= 15 is 0 Å². The summed E-state index contributed by atoms with van der Waals surface area (Å²) >= 11 is 5.91. The number of alkyl carbamates (subject to hydrolysis) is 1. The average Bonchev–Trinajstić information content (AvgIpc) is 3.09. The lowest BCUT2D eigenvalue weighted by Gasteiger charge is -2.20. The molecule has 0 saturated carbocycles. The smallest absolute Gasteiger partial charge is 0.407 e. The van der Waals surface area contributed by atoms with Crippen LogP contribution in [0.5, 0.6) is 0 Å². The van der Waals surface area contributed by atoms with Crippen LogP contribution in [-0.4, -0.2) is 35.6 Å². The van der Waals surface area contributed by atoms with Crippen LogP contribution in [0.4, 0.5) is 9.18 Å². The Morgan fingerprint density at radius 1 is 1.03 bits per heavy atom. The van der Waals surface area contributed by atoms with Crippen LogP contribution < -0.4 is 5.32 Å². The third-order valence-corrected chi connectivity index (χ3v) is 5.77. The number of nitrogens with one attached hydrogen (secondary N) is 1. The van der Waals surface area contributed by atoms with Gasteiger partial charge in [0, 0.05) is 23.0 Å². The second-order valence-corrected chi connectivity index (χ2v) is 7.79. The molecule has 3 aromatic carbocycles. The first-order chi connectivity index (χ1) is 15.0. The van der Waals surface area contributed by atoms with Gasteiger partial charge in [-0.2, -0.15) is 0 Å². The Morgan fingerprint density at radius 3 is 2.26 bits per heavy atom. The van der Waals surface area contributed by atoms with E-state index in [1.165, 1.54) is 6.07 Å². The fourth-order valence-electron chi connectivity index (χ4n) is 3.90. The zero-order valence-corrected chi connectivity index (χ0v) is 17.2. The van der Waals surface area contributed by atoms with Crippen molar-refractivity contribution in [2.45, 2.75) is 18.1 Å². The van der Waals surface area contributed by atoms with E-state index in [0.29, 0.717) is 0 Å². The number of halogens is 2. The number of hydrogen-bond acceptors (Lipinski definition) is 4. The number of carbonyl (C=O) groups is 1. The van der Waals surface area contributed by atoms with Gasteiger partial charge in [-0.1, -0.05) is 66.2 Å².